The van der Waals surface area contributed by atoms with E-state index in [0.717, 1.165) is 4.90 Å². The first-order valence-electron chi connectivity index (χ1n) is 5.79. The van der Waals surface area contributed by atoms with Crippen LogP contribution in [0.15, 0.2) is 24.3 Å². The largest absolute Gasteiger partial charge is 0.481 e. The number of fused-ring (bicyclic) bond motifs is 1. The van der Waals surface area contributed by atoms with E-state index in [9.17, 15) is 19.5 Å². The van der Waals surface area contributed by atoms with Crippen molar-refractivity contribution in [3.63, 3.8) is 0 Å². The SMILES string of the molecule is CC(O)C(CN1C(=O)c2ccccc2C1=O)C(=O)O. The zero-order valence-corrected chi connectivity index (χ0v) is 10.2. The van der Waals surface area contributed by atoms with Crippen molar-refractivity contribution in [3.8, 4) is 0 Å². The Balaban J connectivity index is 2.27. The summed E-state index contributed by atoms with van der Waals surface area (Å²) in [5.74, 6) is -3.48. The smallest absolute Gasteiger partial charge is 0.310 e. The standard InChI is InChI=1S/C13H13NO5/c1-7(15)10(13(18)19)6-14-11(16)8-4-2-3-5-9(8)12(14)17/h2-5,7,10,15H,6H2,1H3,(H,18,19). The molecule has 0 aromatic heterocycles. The number of carbonyl (C=O) groups is 3. The van der Waals surface area contributed by atoms with E-state index >= 15 is 0 Å². The predicted molar refractivity (Wildman–Crippen MR) is 64.6 cm³/mol. The molecule has 2 rings (SSSR count). The molecule has 6 heteroatoms. The van der Waals surface area contributed by atoms with E-state index in [1.165, 1.54) is 19.1 Å². The maximum absolute atomic E-state index is 12.0. The lowest BCUT2D eigenvalue weighted by molar-refractivity contribution is -0.145. The van der Waals surface area contributed by atoms with Crippen molar-refractivity contribution in [1.82, 2.24) is 4.90 Å². The fraction of sp³-hybridized carbons (Fsp3) is 0.308. The molecular weight excluding hydrogens is 250 g/mol. The van der Waals surface area contributed by atoms with Crippen molar-refractivity contribution in [1.29, 1.82) is 0 Å². The zero-order valence-electron chi connectivity index (χ0n) is 10.2. The number of aliphatic carboxylic acids is 1. The third kappa shape index (κ3) is 2.22. The van der Waals surface area contributed by atoms with Crippen LogP contribution in [0, 0.1) is 5.92 Å². The maximum Gasteiger partial charge on any atom is 0.310 e. The van der Waals surface area contributed by atoms with E-state index in [0.29, 0.717) is 0 Å². The maximum atomic E-state index is 12.0. The van der Waals surface area contributed by atoms with Crippen molar-refractivity contribution in [3.05, 3.63) is 35.4 Å². The highest BCUT2D eigenvalue weighted by atomic mass is 16.4. The lowest BCUT2D eigenvalue weighted by Crippen LogP contribution is -2.41. The Labute approximate surface area is 109 Å². The minimum absolute atomic E-state index is 0.266. The van der Waals surface area contributed by atoms with E-state index in [1.807, 2.05) is 0 Å². The summed E-state index contributed by atoms with van der Waals surface area (Å²) in [7, 11) is 0. The number of hydrogen-bond donors (Lipinski definition) is 2. The Hall–Kier alpha value is -2.21. The van der Waals surface area contributed by atoms with Crippen LogP contribution in [0.2, 0.25) is 0 Å². The van der Waals surface area contributed by atoms with E-state index in [2.05, 4.69) is 0 Å². The molecule has 2 unspecified atom stereocenters. The first kappa shape index (κ1) is 13.2. The molecule has 0 saturated heterocycles. The highest BCUT2D eigenvalue weighted by Gasteiger charge is 2.38. The monoisotopic (exact) mass is 263 g/mol. The molecule has 0 fully saturated rings. The molecular formula is C13H13NO5. The van der Waals surface area contributed by atoms with Gasteiger partial charge in [0.25, 0.3) is 11.8 Å². The van der Waals surface area contributed by atoms with Gasteiger partial charge in [0.1, 0.15) is 5.92 Å². The zero-order chi connectivity index (χ0) is 14.2. The third-order valence-corrected chi connectivity index (χ3v) is 3.16. The second kappa shape index (κ2) is 4.81. The molecule has 1 aromatic rings. The van der Waals surface area contributed by atoms with Gasteiger partial charge < -0.3 is 10.2 Å². The quantitative estimate of drug-likeness (QED) is 0.765. The van der Waals surface area contributed by atoms with Crippen LogP contribution in [-0.4, -0.2) is 45.5 Å². The Morgan fingerprint density at radius 3 is 2.05 bits per heavy atom. The molecule has 2 amide bonds. The number of carbonyl (C=O) groups excluding carboxylic acids is 2. The van der Waals surface area contributed by atoms with Crippen molar-refractivity contribution >= 4 is 17.8 Å². The molecule has 2 N–H and O–H groups in total. The molecule has 0 saturated carbocycles. The van der Waals surface area contributed by atoms with Gasteiger partial charge in [0.15, 0.2) is 0 Å². The van der Waals surface area contributed by atoms with E-state index in [1.54, 1.807) is 12.1 Å². The molecule has 2 atom stereocenters. The van der Waals surface area contributed by atoms with Gasteiger partial charge in [0.05, 0.1) is 17.2 Å². The third-order valence-electron chi connectivity index (χ3n) is 3.16. The van der Waals surface area contributed by atoms with Gasteiger partial charge in [0, 0.05) is 6.54 Å². The Morgan fingerprint density at radius 2 is 1.68 bits per heavy atom. The van der Waals surface area contributed by atoms with Crippen molar-refractivity contribution < 1.29 is 24.6 Å². The average Bonchev–Trinajstić information content (AvgIpc) is 2.59. The summed E-state index contributed by atoms with van der Waals surface area (Å²) in [5.41, 5.74) is 0.532. The van der Waals surface area contributed by atoms with Crippen LogP contribution in [-0.2, 0) is 4.79 Å². The number of imide groups is 1. The van der Waals surface area contributed by atoms with Gasteiger partial charge >= 0.3 is 5.97 Å². The molecule has 100 valence electrons. The van der Waals surface area contributed by atoms with Gasteiger partial charge in [-0.25, -0.2) is 0 Å². The molecule has 0 spiro atoms. The molecule has 1 aliphatic heterocycles. The predicted octanol–water partition coefficient (Wildman–Crippen LogP) is 0.364. The Morgan fingerprint density at radius 1 is 1.21 bits per heavy atom. The molecule has 1 aromatic carbocycles. The van der Waals surface area contributed by atoms with E-state index in [4.69, 9.17) is 5.11 Å². The van der Waals surface area contributed by atoms with Crippen LogP contribution < -0.4 is 0 Å². The summed E-state index contributed by atoms with van der Waals surface area (Å²) in [6, 6.07) is 6.31. The number of rotatable bonds is 4. The summed E-state index contributed by atoms with van der Waals surface area (Å²) in [6.45, 7) is 0.982. The van der Waals surface area contributed by atoms with Gasteiger partial charge in [-0.15, -0.1) is 0 Å². The summed E-state index contributed by atoms with van der Waals surface area (Å²) in [5, 5.41) is 18.4. The Bertz CT molecular complexity index is 517. The minimum atomic E-state index is -1.24. The lowest BCUT2D eigenvalue weighted by Gasteiger charge is -2.21. The average molecular weight is 263 g/mol. The van der Waals surface area contributed by atoms with Crippen LogP contribution in [0.1, 0.15) is 27.6 Å². The van der Waals surface area contributed by atoms with Gasteiger partial charge in [0.2, 0.25) is 0 Å². The van der Waals surface area contributed by atoms with Crippen LogP contribution in [0.3, 0.4) is 0 Å². The number of aliphatic hydroxyl groups excluding tert-OH is 1. The second-order valence-corrected chi connectivity index (χ2v) is 4.45. The van der Waals surface area contributed by atoms with E-state index < -0.39 is 29.8 Å². The molecule has 0 aliphatic carbocycles. The van der Waals surface area contributed by atoms with Gasteiger partial charge in [-0.3, -0.25) is 19.3 Å². The number of amides is 2. The minimum Gasteiger partial charge on any atom is -0.481 e. The van der Waals surface area contributed by atoms with Gasteiger partial charge in [-0.2, -0.15) is 0 Å². The number of benzene rings is 1. The summed E-state index contributed by atoms with van der Waals surface area (Å²) >= 11 is 0. The highest BCUT2D eigenvalue weighted by Crippen LogP contribution is 2.24. The fourth-order valence-corrected chi connectivity index (χ4v) is 2.04. The second-order valence-electron chi connectivity index (χ2n) is 4.45. The van der Waals surface area contributed by atoms with Crippen molar-refractivity contribution in [2.75, 3.05) is 6.54 Å². The van der Waals surface area contributed by atoms with Gasteiger partial charge in [-0.1, -0.05) is 12.1 Å². The van der Waals surface area contributed by atoms with Crippen LogP contribution >= 0.6 is 0 Å². The van der Waals surface area contributed by atoms with Crippen LogP contribution in [0.4, 0.5) is 0 Å². The number of nitrogens with zero attached hydrogens (tertiary/aromatic N) is 1. The highest BCUT2D eigenvalue weighted by molar-refractivity contribution is 6.21. The number of hydrogen-bond acceptors (Lipinski definition) is 4. The van der Waals surface area contributed by atoms with Crippen LogP contribution in [0.25, 0.3) is 0 Å². The van der Waals surface area contributed by atoms with E-state index in [-0.39, 0.29) is 17.7 Å². The normalized spacial score (nSPS) is 17.3. The fourth-order valence-electron chi connectivity index (χ4n) is 2.04. The number of aliphatic hydroxyl groups is 1. The number of carboxylic acid groups (broad SMARTS) is 1. The first-order chi connectivity index (χ1) is 8.93. The molecule has 1 heterocycles. The molecule has 0 radical (unpaired) electrons. The Kier molecular flexibility index (Phi) is 3.35. The summed E-state index contributed by atoms with van der Waals surface area (Å²) in [6.07, 6.45) is -1.15. The first-order valence-corrected chi connectivity index (χ1v) is 5.79. The summed E-state index contributed by atoms with van der Waals surface area (Å²) in [4.78, 5) is 35.9. The number of carboxylic acids is 1. The molecule has 1 aliphatic rings. The van der Waals surface area contributed by atoms with Gasteiger partial charge in [-0.05, 0) is 19.1 Å². The molecule has 6 nitrogen and oxygen atoms in total. The topological polar surface area (TPSA) is 94.9 Å². The van der Waals surface area contributed by atoms with Crippen LogP contribution in [0.5, 0.6) is 0 Å². The molecule has 19 heavy (non-hydrogen) atoms. The lowest BCUT2D eigenvalue weighted by atomic mass is 10.0. The van der Waals surface area contributed by atoms with Crippen molar-refractivity contribution in [2.24, 2.45) is 5.92 Å². The summed E-state index contributed by atoms with van der Waals surface area (Å²) < 4.78 is 0. The molecule has 0 bridgehead atoms. The van der Waals surface area contributed by atoms with Crippen molar-refractivity contribution in [2.45, 2.75) is 13.0 Å².